The van der Waals surface area contributed by atoms with Gasteiger partial charge in [0.2, 0.25) is 0 Å². The van der Waals surface area contributed by atoms with E-state index in [-0.39, 0.29) is 5.54 Å². The highest BCUT2D eigenvalue weighted by Gasteiger charge is 2.39. The summed E-state index contributed by atoms with van der Waals surface area (Å²) in [6.45, 7) is 14.8. The third kappa shape index (κ3) is 3.39. The highest BCUT2D eigenvalue weighted by Crippen LogP contribution is 2.30. The Morgan fingerprint density at radius 3 is 2.75 bits per heavy atom. The summed E-state index contributed by atoms with van der Waals surface area (Å²) >= 11 is 0. The van der Waals surface area contributed by atoms with E-state index >= 15 is 0 Å². The Bertz CT molecular complexity index is 424. The highest BCUT2D eigenvalue weighted by molar-refractivity contribution is 5.10. The molecule has 2 atom stereocenters. The quantitative estimate of drug-likeness (QED) is 0.919. The van der Waals surface area contributed by atoms with Gasteiger partial charge in [-0.25, -0.2) is 0 Å². The summed E-state index contributed by atoms with van der Waals surface area (Å²) in [5, 5.41) is 3.76. The van der Waals surface area contributed by atoms with Gasteiger partial charge >= 0.3 is 0 Å². The first-order valence-electron chi connectivity index (χ1n) is 7.72. The molecule has 3 heteroatoms. The normalized spacial score (nSPS) is 28.6. The Labute approximate surface area is 123 Å². The summed E-state index contributed by atoms with van der Waals surface area (Å²) in [6.07, 6.45) is 5.00. The second-order valence-electron chi connectivity index (χ2n) is 7.39. The molecule has 1 aliphatic rings. The fourth-order valence-corrected chi connectivity index (χ4v) is 2.86. The summed E-state index contributed by atoms with van der Waals surface area (Å²) in [5.74, 6) is 0. The predicted molar refractivity (Wildman–Crippen MR) is 84.6 cm³/mol. The molecule has 0 radical (unpaired) electrons. The SMILES string of the molecule is CCC1(C)CNC(C(C)(C)C)CN1Cc1cccnc1. The summed E-state index contributed by atoms with van der Waals surface area (Å²) in [5.41, 5.74) is 1.83. The Balaban J connectivity index is 2.16. The van der Waals surface area contributed by atoms with Gasteiger partial charge in [0.15, 0.2) is 0 Å². The maximum atomic E-state index is 4.25. The standard InChI is InChI=1S/C17H29N3/c1-6-17(5)13-19-15(16(2,3)4)12-20(17)11-14-8-7-9-18-10-14/h7-10,15,19H,6,11-13H2,1-5H3. The van der Waals surface area contributed by atoms with Gasteiger partial charge in [0.1, 0.15) is 0 Å². The third-order valence-electron chi connectivity index (χ3n) is 4.80. The molecule has 0 saturated carbocycles. The lowest BCUT2D eigenvalue weighted by atomic mass is 9.81. The molecule has 0 aromatic carbocycles. The fraction of sp³-hybridized carbons (Fsp3) is 0.706. The number of nitrogens with one attached hydrogen (secondary N) is 1. The number of rotatable bonds is 3. The first-order valence-corrected chi connectivity index (χ1v) is 7.72. The molecule has 0 bridgehead atoms. The molecule has 0 spiro atoms. The molecule has 1 saturated heterocycles. The molecule has 1 N–H and O–H groups in total. The molecule has 2 unspecified atom stereocenters. The number of pyridine rings is 1. The van der Waals surface area contributed by atoms with Gasteiger partial charge in [0, 0.05) is 43.6 Å². The van der Waals surface area contributed by atoms with Gasteiger partial charge in [-0.15, -0.1) is 0 Å². The molecule has 2 heterocycles. The van der Waals surface area contributed by atoms with E-state index in [2.05, 4.69) is 55.9 Å². The number of nitrogens with zero attached hydrogens (tertiary/aromatic N) is 2. The third-order valence-corrected chi connectivity index (χ3v) is 4.80. The van der Waals surface area contributed by atoms with Crippen LogP contribution in [0.1, 0.15) is 46.6 Å². The van der Waals surface area contributed by atoms with Crippen LogP contribution in [0.4, 0.5) is 0 Å². The van der Waals surface area contributed by atoms with Crippen LogP contribution in [0, 0.1) is 5.41 Å². The Morgan fingerprint density at radius 1 is 1.45 bits per heavy atom. The molecule has 1 aromatic heterocycles. The molecule has 20 heavy (non-hydrogen) atoms. The maximum absolute atomic E-state index is 4.25. The van der Waals surface area contributed by atoms with Crippen molar-refractivity contribution in [2.75, 3.05) is 13.1 Å². The lowest BCUT2D eigenvalue weighted by Gasteiger charge is -2.51. The molecule has 0 amide bonds. The van der Waals surface area contributed by atoms with Crippen molar-refractivity contribution >= 4 is 0 Å². The van der Waals surface area contributed by atoms with Gasteiger partial charge in [-0.2, -0.15) is 0 Å². The smallest absolute Gasteiger partial charge is 0.0312 e. The minimum absolute atomic E-state index is 0.234. The van der Waals surface area contributed by atoms with Crippen molar-refractivity contribution in [1.29, 1.82) is 0 Å². The van der Waals surface area contributed by atoms with Crippen molar-refractivity contribution in [2.45, 2.75) is 59.2 Å². The molecular formula is C17H29N3. The molecule has 1 aliphatic heterocycles. The molecule has 0 aliphatic carbocycles. The van der Waals surface area contributed by atoms with Crippen molar-refractivity contribution in [2.24, 2.45) is 5.41 Å². The zero-order valence-electron chi connectivity index (χ0n) is 13.6. The van der Waals surface area contributed by atoms with Crippen molar-refractivity contribution in [1.82, 2.24) is 15.2 Å². The van der Waals surface area contributed by atoms with Gasteiger partial charge in [0.05, 0.1) is 0 Å². The van der Waals surface area contributed by atoms with E-state index in [1.165, 1.54) is 5.56 Å². The zero-order chi connectivity index (χ0) is 14.8. The van der Waals surface area contributed by atoms with Crippen LogP contribution in [0.5, 0.6) is 0 Å². The van der Waals surface area contributed by atoms with Crippen LogP contribution in [0.3, 0.4) is 0 Å². The van der Waals surface area contributed by atoms with Crippen molar-refractivity contribution in [3.05, 3.63) is 30.1 Å². The first-order chi connectivity index (χ1) is 9.35. The summed E-state index contributed by atoms with van der Waals surface area (Å²) in [7, 11) is 0. The van der Waals surface area contributed by atoms with Gasteiger partial charge in [0.25, 0.3) is 0 Å². The summed E-state index contributed by atoms with van der Waals surface area (Å²) in [4.78, 5) is 6.88. The molecule has 2 rings (SSSR count). The minimum atomic E-state index is 0.234. The van der Waals surface area contributed by atoms with Crippen molar-refractivity contribution in [3.8, 4) is 0 Å². The second-order valence-corrected chi connectivity index (χ2v) is 7.39. The average Bonchev–Trinajstić information content (AvgIpc) is 2.41. The minimum Gasteiger partial charge on any atom is -0.310 e. The molecule has 112 valence electrons. The summed E-state index contributed by atoms with van der Waals surface area (Å²) in [6, 6.07) is 4.75. The van der Waals surface area contributed by atoms with Gasteiger partial charge < -0.3 is 5.32 Å². The average molecular weight is 275 g/mol. The Morgan fingerprint density at radius 2 is 2.20 bits per heavy atom. The largest absolute Gasteiger partial charge is 0.310 e. The van der Waals surface area contributed by atoms with Crippen LogP contribution in [0.25, 0.3) is 0 Å². The van der Waals surface area contributed by atoms with Crippen LogP contribution in [0.2, 0.25) is 0 Å². The number of piperazine rings is 1. The van der Waals surface area contributed by atoms with Crippen LogP contribution >= 0.6 is 0 Å². The van der Waals surface area contributed by atoms with E-state index < -0.39 is 0 Å². The van der Waals surface area contributed by atoms with E-state index in [9.17, 15) is 0 Å². The van der Waals surface area contributed by atoms with Crippen molar-refractivity contribution < 1.29 is 0 Å². The lowest BCUT2D eigenvalue weighted by molar-refractivity contribution is 0.0157. The van der Waals surface area contributed by atoms with Crippen LogP contribution in [0.15, 0.2) is 24.5 Å². The molecular weight excluding hydrogens is 246 g/mol. The Hall–Kier alpha value is -0.930. The van der Waals surface area contributed by atoms with E-state index in [4.69, 9.17) is 0 Å². The monoisotopic (exact) mass is 275 g/mol. The molecule has 3 nitrogen and oxygen atoms in total. The summed E-state index contributed by atoms with van der Waals surface area (Å²) < 4.78 is 0. The van der Waals surface area contributed by atoms with Crippen molar-refractivity contribution in [3.63, 3.8) is 0 Å². The molecule has 1 fully saturated rings. The topological polar surface area (TPSA) is 28.2 Å². The van der Waals surface area contributed by atoms with Crippen LogP contribution < -0.4 is 5.32 Å². The molecule has 1 aromatic rings. The van der Waals surface area contributed by atoms with Gasteiger partial charge in [-0.05, 0) is 30.4 Å². The number of hydrogen-bond donors (Lipinski definition) is 1. The van der Waals surface area contributed by atoms with Gasteiger partial charge in [-0.1, -0.05) is 33.8 Å². The zero-order valence-corrected chi connectivity index (χ0v) is 13.6. The Kier molecular flexibility index (Phi) is 4.50. The van der Waals surface area contributed by atoms with Crippen LogP contribution in [-0.4, -0.2) is 34.6 Å². The maximum Gasteiger partial charge on any atom is 0.0312 e. The predicted octanol–water partition coefficient (Wildman–Crippen LogP) is 3.07. The number of hydrogen-bond acceptors (Lipinski definition) is 3. The van der Waals surface area contributed by atoms with Crippen LogP contribution in [-0.2, 0) is 6.54 Å². The highest BCUT2D eigenvalue weighted by atomic mass is 15.3. The van der Waals surface area contributed by atoms with E-state index in [1.807, 2.05) is 18.5 Å². The fourth-order valence-electron chi connectivity index (χ4n) is 2.86. The van der Waals surface area contributed by atoms with E-state index in [1.54, 1.807) is 0 Å². The van der Waals surface area contributed by atoms with E-state index in [0.29, 0.717) is 11.5 Å². The first kappa shape index (κ1) is 15.5. The second kappa shape index (κ2) is 5.82. The van der Waals surface area contributed by atoms with E-state index in [0.717, 1.165) is 26.1 Å². The number of aromatic nitrogens is 1. The van der Waals surface area contributed by atoms with Gasteiger partial charge in [-0.3, -0.25) is 9.88 Å². The lowest BCUT2D eigenvalue weighted by Crippen LogP contribution is -2.65.